The summed E-state index contributed by atoms with van der Waals surface area (Å²) in [6.07, 6.45) is 0.853. The van der Waals surface area contributed by atoms with Crippen LogP contribution in [0.15, 0.2) is 24.3 Å². The molecule has 0 unspecified atom stereocenters. The average Bonchev–Trinajstić information content (AvgIpc) is 2.36. The van der Waals surface area contributed by atoms with Crippen molar-refractivity contribution < 1.29 is 14.5 Å². The van der Waals surface area contributed by atoms with Gasteiger partial charge in [0.15, 0.2) is 0 Å². The van der Waals surface area contributed by atoms with Gasteiger partial charge in [0, 0.05) is 18.7 Å². The van der Waals surface area contributed by atoms with Gasteiger partial charge in [-0.2, -0.15) is 0 Å². The minimum atomic E-state index is -0.624. The van der Waals surface area contributed by atoms with Crippen molar-refractivity contribution in [3.63, 3.8) is 0 Å². The Morgan fingerprint density at radius 1 is 1.11 bits per heavy atom. The molecule has 0 atom stereocenters. The van der Waals surface area contributed by atoms with E-state index in [1.807, 2.05) is 33.2 Å². The smallest absolute Gasteiger partial charge is 0.313 e. The van der Waals surface area contributed by atoms with Gasteiger partial charge in [0.1, 0.15) is 0 Å². The SMILES string of the molecule is Cc1ccc(NC(=O)C(=O)NCCC[NH+](C)C)cc1. The molecule has 0 aliphatic heterocycles. The summed E-state index contributed by atoms with van der Waals surface area (Å²) in [6, 6.07) is 7.31. The van der Waals surface area contributed by atoms with E-state index in [4.69, 9.17) is 0 Å². The number of carbonyl (C=O) groups is 2. The number of quaternary nitrogens is 1. The van der Waals surface area contributed by atoms with Gasteiger partial charge in [-0.15, -0.1) is 0 Å². The van der Waals surface area contributed by atoms with Crippen LogP contribution in [0, 0.1) is 6.92 Å². The first-order valence-corrected chi connectivity index (χ1v) is 6.44. The number of hydrogen-bond acceptors (Lipinski definition) is 2. The zero-order chi connectivity index (χ0) is 14.3. The number of rotatable bonds is 5. The topological polar surface area (TPSA) is 62.6 Å². The summed E-state index contributed by atoms with van der Waals surface area (Å²) in [6.45, 7) is 3.44. The van der Waals surface area contributed by atoms with Crippen LogP contribution in [0.3, 0.4) is 0 Å². The van der Waals surface area contributed by atoms with Crippen molar-refractivity contribution in [3.05, 3.63) is 29.8 Å². The molecule has 0 aromatic heterocycles. The molecular formula is C14H22N3O2+. The van der Waals surface area contributed by atoms with Crippen molar-refractivity contribution in [2.45, 2.75) is 13.3 Å². The molecule has 0 aliphatic rings. The summed E-state index contributed by atoms with van der Waals surface area (Å²) in [5.41, 5.74) is 1.73. The molecule has 0 saturated heterocycles. The molecule has 19 heavy (non-hydrogen) atoms. The Kier molecular flexibility index (Phi) is 6.02. The van der Waals surface area contributed by atoms with Gasteiger partial charge in [-0.05, 0) is 19.1 Å². The fourth-order valence-electron chi connectivity index (χ4n) is 1.55. The van der Waals surface area contributed by atoms with Crippen molar-refractivity contribution in [3.8, 4) is 0 Å². The number of benzene rings is 1. The molecule has 3 N–H and O–H groups in total. The van der Waals surface area contributed by atoms with Crippen LogP contribution >= 0.6 is 0 Å². The van der Waals surface area contributed by atoms with Gasteiger partial charge < -0.3 is 15.5 Å². The number of nitrogens with one attached hydrogen (secondary N) is 3. The van der Waals surface area contributed by atoms with Crippen LogP contribution in [-0.4, -0.2) is 39.0 Å². The van der Waals surface area contributed by atoms with E-state index in [-0.39, 0.29) is 0 Å². The minimum absolute atomic E-state index is 0.519. The minimum Gasteiger partial charge on any atom is -0.348 e. The lowest BCUT2D eigenvalue weighted by molar-refractivity contribution is -0.858. The molecule has 2 amide bonds. The van der Waals surface area contributed by atoms with Gasteiger partial charge in [-0.3, -0.25) is 9.59 Å². The molecule has 1 aromatic carbocycles. The molecule has 0 spiro atoms. The van der Waals surface area contributed by atoms with Gasteiger partial charge in [0.25, 0.3) is 0 Å². The molecule has 0 fully saturated rings. The van der Waals surface area contributed by atoms with Crippen molar-refractivity contribution in [2.24, 2.45) is 0 Å². The van der Waals surface area contributed by atoms with Crippen LogP contribution in [0.4, 0.5) is 5.69 Å². The Hall–Kier alpha value is -1.88. The molecule has 5 heteroatoms. The molecule has 0 saturated carbocycles. The third-order valence-corrected chi connectivity index (χ3v) is 2.65. The highest BCUT2D eigenvalue weighted by Crippen LogP contribution is 2.07. The third-order valence-electron chi connectivity index (χ3n) is 2.65. The molecule has 0 bridgehead atoms. The lowest BCUT2D eigenvalue weighted by Gasteiger charge is -2.08. The molecule has 1 rings (SSSR count). The second-order valence-electron chi connectivity index (χ2n) is 4.89. The fourth-order valence-corrected chi connectivity index (χ4v) is 1.55. The van der Waals surface area contributed by atoms with Gasteiger partial charge in [0.2, 0.25) is 0 Å². The van der Waals surface area contributed by atoms with Crippen molar-refractivity contribution in [2.75, 3.05) is 32.5 Å². The first-order valence-electron chi connectivity index (χ1n) is 6.44. The molecule has 1 aromatic rings. The second-order valence-corrected chi connectivity index (χ2v) is 4.89. The van der Waals surface area contributed by atoms with Gasteiger partial charge in [-0.1, -0.05) is 17.7 Å². The molecule has 0 radical (unpaired) electrons. The lowest BCUT2D eigenvalue weighted by atomic mass is 10.2. The third kappa shape index (κ3) is 6.01. The Morgan fingerprint density at radius 2 is 1.74 bits per heavy atom. The normalized spacial score (nSPS) is 10.3. The zero-order valence-electron chi connectivity index (χ0n) is 11.7. The van der Waals surface area contributed by atoms with E-state index in [9.17, 15) is 9.59 Å². The quantitative estimate of drug-likeness (QED) is 0.500. The van der Waals surface area contributed by atoms with Crippen molar-refractivity contribution in [1.29, 1.82) is 0 Å². The number of carbonyl (C=O) groups excluding carboxylic acids is 2. The standard InChI is InChI=1S/C14H21N3O2/c1-11-5-7-12(8-6-11)16-14(19)13(18)15-9-4-10-17(2)3/h5-8H,4,9-10H2,1-3H3,(H,15,18)(H,16,19)/p+1. The summed E-state index contributed by atoms with van der Waals surface area (Å²) in [5.74, 6) is -1.21. The monoisotopic (exact) mass is 264 g/mol. The van der Waals surface area contributed by atoms with E-state index >= 15 is 0 Å². The lowest BCUT2D eigenvalue weighted by Crippen LogP contribution is -3.05. The zero-order valence-corrected chi connectivity index (χ0v) is 11.7. The van der Waals surface area contributed by atoms with E-state index in [0.29, 0.717) is 12.2 Å². The molecular weight excluding hydrogens is 242 g/mol. The Labute approximate surface area is 114 Å². The Morgan fingerprint density at radius 3 is 2.32 bits per heavy atom. The summed E-state index contributed by atoms with van der Waals surface area (Å²) < 4.78 is 0. The molecule has 0 heterocycles. The number of amides is 2. The maximum absolute atomic E-state index is 11.6. The van der Waals surface area contributed by atoms with Crippen LogP contribution in [-0.2, 0) is 9.59 Å². The van der Waals surface area contributed by atoms with Crippen LogP contribution in [0.2, 0.25) is 0 Å². The summed E-state index contributed by atoms with van der Waals surface area (Å²) >= 11 is 0. The number of anilines is 1. The summed E-state index contributed by atoms with van der Waals surface area (Å²) in [4.78, 5) is 24.4. The second kappa shape index (κ2) is 7.53. The highest BCUT2D eigenvalue weighted by Gasteiger charge is 2.12. The van der Waals surface area contributed by atoms with E-state index in [1.165, 1.54) is 4.90 Å². The first kappa shape index (κ1) is 15.2. The summed E-state index contributed by atoms with van der Waals surface area (Å²) in [5, 5.41) is 5.17. The van der Waals surface area contributed by atoms with Gasteiger partial charge >= 0.3 is 11.8 Å². The van der Waals surface area contributed by atoms with E-state index in [2.05, 4.69) is 10.6 Å². The maximum atomic E-state index is 11.6. The first-order chi connectivity index (χ1) is 8.99. The Bertz CT molecular complexity index is 427. The highest BCUT2D eigenvalue weighted by atomic mass is 16.2. The van der Waals surface area contributed by atoms with Crippen LogP contribution in [0.5, 0.6) is 0 Å². The maximum Gasteiger partial charge on any atom is 0.313 e. The molecule has 5 nitrogen and oxygen atoms in total. The van der Waals surface area contributed by atoms with E-state index in [0.717, 1.165) is 18.5 Å². The number of hydrogen-bond donors (Lipinski definition) is 3. The van der Waals surface area contributed by atoms with Crippen LogP contribution in [0.25, 0.3) is 0 Å². The average molecular weight is 264 g/mol. The van der Waals surface area contributed by atoms with E-state index < -0.39 is 11.8 Å². The van der Waals surface area contributed by atoms with E-state index in [1.54, 1.807) is 12.1 Å². The fraction of sp³-hybridized carbons (Fsp3) is 0.429. The van der Waals surface area contributed by atoms with Crippen molar-refractivity contribution >= 4 is 17.5 Å². The van der Waals surface area contributed by atoms with Crippen LogP contribution < -0.4 is 15.5 Å². The summed E-state index contributed by atoms with van der Waals surface area (Å²) in [7, 11) is 4.10. The number of aryl methyl sites for hydroxylation is 1. The molecule has 0 aliphatic carbocycles. The Balaban J connectivity index is 2.32. The predicted molar refractivity (Wildman–Crippen MR) is 75.1 cm³/mol. The van der Waals surface area contributed by atoms with Gasteiger partial charge in [-0.25, -0.2) is 0 Å². The molecule has 104 valence electrons. The predicted octanol–water partition coefficient (Wildman–Crippen LogP) is -0.416. The largest absolute Gasteiger partial charge is 0.348 e. The van der Waals surface area contributed by atoms with Crippen LogP contribution in [0.1, 0.15) is 12.0 Å². The van der Waals surface area contributed by atoms with Crippen molar-refractivity contribution in [1.82, 2.24) is 5.32 Å². The van der Waals surface area contributed by atoms with Gasteiger partial charge in [0.05, 0.1) is 20.6 Å². The highest BCUT2D eigenvalue weighted by molar-refractivity contribution is 6.39.